The van der Waals surface area contributed by atoms with Gasteiger partial charge < -0.3 is 19.5 Å². The van der Waals surface area contributed by atoms with Crippen LogP contribution in [0.3, 0.4) is 0 Å². The third-order valence-electron chi connectivity index (χ3n) is 5.47. The fraction of sp³-hybridized carbons (Fsp3) is 0.455. The number of aliphatic hydroxyl groups is 1. The van der Waals surface area contributed by atoms with Crippen molar-refractivity contribution in [2.75, 3.05) is 13.7 Å². The molecule has 1 saturated carbocycles. The molecular formula is C22H25ClN2O4. The molecule has 1 aromatic carbocycles. The summed E-state index contributed by atoms with van der Waals surface area (Å²) >= 11 is 6.12. The molecule has 154 valence electrons. The minimum atomic E-state index is -1.07. The lowest BCUT2D eigenvalue weighted by Gasteiger charge is -2.38. The van der Waals surface area contributed by atoms with E-state index in [2.05, 4.69) is 6.07 Å². The fourth-order valence-electron chi connectivity index (χ4n) is 3.72. The number of carbonyl (C=O) groups is 1. The van der Waals surface area contributed by atoms with Crippen molar-refractivity contribution in [3.8, 4) is 6.07 Å². The van der Waals surface area contributed by atoms with E-state index in [0.29, 0.717) is 39.8 Å². The van der Waals surface area contributed by atoms with Gasteiger partial charge in [-0.25, -0.2) is 4.79 Å². The van der Waals surface area contributed by atoms with Crippen molar-refractivity contribution in [2.45, 2.75) is 44.9 Å². The molecule has 7 heteroatoms. The van der Waals surface area contributed by atoms with Gasteiger partial charge in [-0.2, -0.15) is 5.26 Å². The van der Waals surface area contributed by atoms with Crippen LogP contribution in [0.5, 0.6) is 0 Å². The quantitative estimate of drug-likeness (QED) is 0.680. The van der Waals surface area contributed by atoms with Crippen molar-refractivity contribution in [3.05, 3.63) is 52.4 Å². The van der Waals surface area contributed by atoms with Gasteiger partial charge in [-0.1, -0.05) is 30.9 Å². The zero-order valence-corrected chi connectivity index (χ0v) is 17.4. The molecule has 1 aliphatic heterocycles. The standard InChI is InChI=1S/C22H25ClN2O4/c1-3-29-22(27)19(9-14-5-4-6-14)25-13-20(28-2)18(11-21(25)26)17-10-16(23)8-7-15(17)12-24/h7-8,10-11,13-14,19,21,26H,3-6,9H2,1-2H3. The maximum atomic E-state index is 12.6. The average Bonchev–Trinajstić information content (AvgIpc) is 2.67. The molecule has 2 aliphatic rings. The maximum absolute atomic E-state index is 12.6. The molecule has 0 saturated heterocycles. The van der Waals surface area contributed by atoms with Crippen molar-refractivity contribution >= 4 is 23.1 Å². The number of esters is 1. The topological polar surface area (TPSA) is 82.8 Å². The number of hydrogen-bond acceptors (Lipinski definition) is 6. The van der Waals surface area contributed by atoms with Gasteiger partial charge in [0, 0.05) is 22.4 Å². The Balaban J connectivity index is 1.95. The summed E-state index contributed by atoms with van der Waals surface area (Å²) in [6, 6.07) is 6.47. The second-order valence-corrected chi connectivity index (χ2v) is 7.68. The van der Waals surface area contributed by atoms with Gasteiger partial charge in [0.15, 0.2) is 0 Å². The van der Waals surface area contributed by atoms with E-state index in [1.165, 1.54) is 7.11 Å². The molecule has 6 nitrogen and oxygen atoms in total. The molecule has 1 aliphatic carbocycles. The molecule has 0 amide bonds. The van der Waals surface area contributed by atoms with Crippen LogP contribution in [0.15, 0.2) is 36.2 Å². The number of nitrogens with zero attached hydrogens (tertiary/aromatic N) is 2. The largest absolute Gasteiger partial charge is 0.495 e. The second kappa shape index (κ2) is 9.34. The summed E-state index contributed by atoms with van der Waals surface area (Å²) in [5, 5.41) is 20.8. The average molecular weight is 417 g/mol. The highest BCUT2D eigenvalue weighted by atomic mass is 35.5. The molecule has 1 aromatic rings. The molecule has 1 heterocycles. The van der Waals surface area contributed by atoms with E-state index < -0.39 is 12.3 Å². The van der Waals surface area contributed by atoms with Crippen LogP contribution in [0, 0.1) is 17.2 Å². The Kier molecular flexibility index (Phi) is 6.83. The lowest BCUT2D eigenvalue weighted by molar-refractivity contribution is -0.152. The molecule has 29 heavy (non-hydrogen) atoms. The summed E-state index contributed by atoms with van der Waals surface area (Å²) in [6.07, 6.45) is 6.08. The fourth-order valence-corrected chi connectivity index (χ4v) is 3.89. The Labute approximate surface area is 176 Å². The Morgan fingerprint density at radius 2 is 2.21 bits per heavy atom. The van der Waals surface area contributed by atoms with Crippen molar-refractivity contribution in [3.63, 3.8) is 0 Å². The van der Waals surface area contributed by atoms with E-state index >= 15 is 0 Å². The zero-order valence-electron chi connectivity index (χ0n) is 16.6. The highest BCUT2D eigenvalue weighted by Gasteiger charge is 2.36. The normalized spacial score (nSPS) is 20.1. The van der Waals surface area contributed by atoms with Gasteiger partial charge in [-0.15, -0.1) is 0 Å². The van der Waals surface area contributed by atoms with Crippen molar-refractivity contribution in [2.24, 2.45) is 5.92 Å². The van der Waals surface area contributed by atoms with Gasteiger partial charge in [-0.05, 0) is 43.5 Å². The molecule has 3 rings (SSSR count). The second-order valence-electron chi connectivity index (χ2n) is 7.24. The van der Waals surface area contributed by atoms with E-state index in [-0.39, 0.29) is 12.6 Å². The van der Waals surface area contributed by atoms with E-state index in [9.17, 15) is 15.2 Å². The molecule has 0 radical (unpaired) electrons. The first-order valence-corrected chi connectivity index (χ1v) is 10.2. The molecular weight excluding hydrogens is 392 g/mol. The number of hydrogen-bond donors (Lipinski definition) is 1. The number of rotatable bonds is 7. The van der Waals surface area contributed by atoms with Crippen LogP contribution in [-0.4, -0.2) is 42.0 Å². The van der Waals surface area contributed by atoms with E-state index in [1.54, 1.807) is 42.3 Å². The number of carbonyl (C=O) groups excluding carboxylic acids is 1. The first-order valence-electron chi connectivity index (χ1n) is 9.78. The van der Waals surface area contributed by atoms with Crippen molar-refractivity contribution in [1.82, 2.24) is 4.90 Å². The Morgan fingerprint density at radius 1 is 1.45 bits per heavy atom. The van der Waals surface area contributed by atoms with Gasteiger partial charge in [-0.3, -0.25) is 0 Å². The van der Waals surface area contributed by atoms with Crippen LogP contribution in [0.2, 0.25) is 5.02 Å². The predicted molar refractivity (Wildman–Crippen MR) is 109 cm³/mol. The van der Waals surface area contributed by atoms with Crippen LogP contribution < -0.4 is 0 Å². The first-order chi connectivity index (χ1) is 14.0. The third-order valence-corrected chi connectivity index (χ3v) is 5.70. The van der Waals surface area contributed by atoms with E-state index in [1.807, 2.05) is 0 Å². The Hall–Kier alpha value is -2.49. The van der Waals surface area contributed by atoms with Crippen molar-refractivity contribution in [1.29, 1.82) is 5.26 Å². The number of aliphatic hydroxyl groups excluding tert-OH is 1. The van der Waals surface area contributed by atoms with Crippen LogP contribution in [0.25, 0.3) is 5.57 Å². The summed E-state index contributed by atoms with van der Waals surface area (Å²) in [5.74, 6) is 0.527. The molecule has 2 atom stereocenters. The number of benzene rings is 1. The molecule has 0 aromatic heterocycles. The number of allylic oxidation sites excluding steroid dienone is 1. The highest BCUT2D eigenvalue weighted by Crippen LogP contribution is 2.36. The number of methoxy groups -OCH3 is 1. The Morgan fingerprint density at radius 3 is 2.79 bits per heavy atom. The molecule has 1 fully saturated rings. The molecule has 2 unspecified atom stereocenters. The predicted octanol–water partition coefficient (Wildman–Crippen LogP) is 3.84. The monoisotopic (exact) mass is 416 g/mol. The van der Waals surface area contributed by atoms with Crippen LogP contribution in [0.4, 0.5) is 0 Å². The number of halogens is 1. The summed E-state index contributed by atoms with van der Waals surface area (Å²) < 4.78 is 10.8. The van der Waals surface area contributed by atoms with Gasteiger partial charge in [0.1, 0.15) is 18.0 Å². The molecule has 0 spiro atoms. The molecule has 0 bridgehead atoms. The minimum Gasteiger partial charge on any atom is -0.495 e. The van der Waals surface area contributed by atoms with Crippen molar-refractivity contribution < 1.29 is 19.4 Å². The third kappa shape index (κ3) is 4.58. The van der Waals surface area contributed by atoms with Gasteiger partial charge in [0.2, 0.25) is 0 Å². The van der Waals surface area contributed by atoms with Gasteiger partial charge in [0.25, 0.3) is 0 Å². The Bertz CT molecular complexity index is 870. The minimum absolute atomic E-state index is 0.278. The first kappa shape index (κ1) is 21.2. The zero-order chi connectivity index (χ0) is 21.0. The van der Waals surface area contributed by atoms with Crippen LogP contribution >= 0.6 is 11.6 Å². The SMILES string of the molecule is CCOC(=O)C(CC1CCC1)N1C=C(OC)C(c2cc(Cl)ccc2C#N)=CC1O. The molecule has 1 N–H and O–H groups in total. The maximum Gasteiger partial charge on any atom is 0.328 e. The van der Waals surface area contributed by atoms with Gasteiger partial charge >= 0.3 is 5.97 Å². The summed E-state index contributed by atoms with van der Waals surface area (Å²) in [5.41, 5.74) is 1.54. The van der Waals surface area contributed by atoms with Crippen LogP contribution in [-0.2, 0) is 14.3 Å². The van der Waals surface area contributed by atoms with Crippen LogP contribution in [0.1, 0.15) is 43.7 Å². The van der Waals surface area contributed by atoms with E-state index in [0.717, 1.165) is 19.3 Å². The number of ether oxygens (including phenoxy) is 2. The van der Waals surface area contributed by atoms with E-state index in [4.69, 9.17) is 21.1 Å². The summed E-state index contributed by atoms with van der Waals surface area (Å²) in [7, 11) is 1.51. The summed E-state index contributed by atoms with van der Waals surface area (Å²) in [6.45, 7) is 2.04. The highest BCUT2D eigenvalue weighted by molar-refractivity contribution is 6.30. The van der Waals surface area contributed by atoms with Gasteiger partial charge in [0.05, 0.1) is 25.3 Å². The lowest BCUT2D eigenvalue weighted by Crippen LogP contribution is -2.47. The summed E-state index contributed by atoms with van der Waals surface area (Å²) in [4.78, 5) is 14.2. The lowest BCUT2D eigenvalue weighted by atomic mass is 9.80. The smallest absolute Gasteiger partial charge is 0.328 e. The number of nitriles is 1.